The molecule has 0 saturated heterocycles. The van der Waals surface area contributed by atoms with Crippen molar-refractivity contribution in [3.05, 3.63) is 30.5 Å². The average Bonchev–Trinajstić information content (AvgIpc) is 3.41. The van der Waals surface area contributed by atoms with Crippen LogP contribution in [-0.2, 0) is 27.2 Å². The summed E-state index contributed by atoms with van der Waals surface area (Å²) in [4.78, 5) is 0. The fourth-order valence-electron chi connectivity index (χ4n) is 1.97. The fourth-order valence-corrected chi connectivity index (χ4v) is 10.0. The monoisotopic (exact) mass is 872 g/mol. The summed E-state index contributed by atoms with van der Waals surface area (Å²) in [7, 11) is -6.17. The molecule has 0 aliphatic rings. The molecule has 0 saturated carbocycles. The third kappa shape index (κ3) is 15.8. The molecule has 0 N–H and O–H groups in total. The Bertz CT molecular complexity index is 840. The normalized spacial score (nSPS) is 11.1. The minimum absolute atomic E-state index is 0.358. The Morgan fingerprint density at radius 3 is 1.59 bits per heavy atom. The van der Waals surface area contributed by atoms with Gasteiger partial charge >= 0.3 is 15.2 Å². The van der Waals surface area contributed by atoms with Crippen LogP contribution in [0.15, 0.2) is 30.5 Å². The van der Waals surface area contributed by atoms with Gasteiger partial charge in [-0.3, -0.25) is 9.13 Å². The third-order valence-corrected chi connectivity index (χ3v) is 10.9. The van der Waals surface area contributed by atoms with E-state index in [-0.39, 0.29) is 0 Å². The highest BCUT2D eigenvalue weighted by molar-refractivity contribution is 9.93. The lowest BCUT2D eigenvalue weighted by Crippen LogP contribution is -2.09. The highest BCUT2D eigenvalue weighted by atomic mass is 80.9. The molecule has 0 bridgehead atoms. The van der Waals surface area contributed by atoms with E-state index in [1.54, 1.807) is 45.2 Å². The van der Waals surface area contributed by atoms with E-state index in [0.717, 1.165) is 7.57 Å². The average molecular weight is 877 g/mol. The molecule has 6 nitrogen and oxygen atoms in total. The number of rotatable bonds is 10. The smallest absolute Gasteiger partial charge is 0.305 e. The van der Waals surface area contributed by atoms with Crippen LogP contribution in [0.2, 0.25) is 0 Å². The summed E-state index contributed by atoms with van der Waals surface area (Å²) >= 11 is 29.5. The number of halogens is 7. The number of thiophene rings is 2. The van der Waals surface area contributed by atoms with Crippen LogP contribution in [0.5, 0.6) is 0 Å². The first-order chi connectivity index (χ1) is 16.0. The fraction of sp³-hybridized carbons (Fsp3) is 0.529. The van der Waals surface area contributed by atoms with Crippen molar-refractivity contribution in [2.24, 2.45) is 0 Å². The molecule has 0 spiro atoms. The molecular formula is C17H25Br4Cl3O6P2S2. The zero-order valence-corrected chi connectivity index (χ0v) is 30.6. The summed E-state index contributed by atoms with van der Waals surface area (Å²) in [5, 5.41) is 4.90. The quantitative estimate of drug-likeness (QED) is 0.175. The van der Waals surface area contributed by atoms with Crippen molar-refractivity contribution in [1.29, 1.82) is 0 Å². The van der Waals surface area contributed by atoms with E-state index in [2.05, 4.69) is 60.1 Å². The standard InChI is InChI=1S/C8H11Br2O3PS.C8H13O3PS.CHCl3.Br2/c1-3-12-14(11,13-4-2)6-5-7(9)15-8(6)10;1-3-10-12(9,11-4-2)8-5-6-13-7-8;2-1(3)4;1-2/h5H,3-4H2,1-2H3;5-7H,3-4H2,1-2H3;1H;. The summed E-state index contributed by atoms with van der Waals surface area (Å²) in [6.45, 7) is 8.70. The van der Waals surface area contributed by atoms with E-state index in [1.807, 2.05) is 5.38 Å². The second-order valence-corrected chi connectivity index (χ2v) is 15.6. The Kier molecular flexibility index (Phi) is 25.4. The molecule has 0 radical (unpaired) electrons. The molecule has 2 rings (SSSR count). The van der Waals surface area contributed by atoms with Gasteiger partial charge in [0.1, 0.15) is 0 Å². The lowest BCUT2D eigenvalue weighted by molar-refractivity contribution is 0.229. The maximum atomic E-state index is 12.4. The summed E-state index contributed by atoms with van der Waals surface area (Å²) in [6, 6.07) is 3.54. The van der Waals surface area contributed by atoms with Crippen molar-refractivity contribution in [2.45, 2.75) is 32.0 Å². The first-order valence-electron chi connectivity index (χ1n) is 9.32. The van der Waals surface area contributed by atoms with Gasteiger partial charge in [-0.25, -0.2) is 0 Å². The molecule has 0 aliphatic carbocycles. The van der Waals surface area contributed by atoms with Gasteiger partial charge in [-0.05, 0) is 77.1 Å². The summed E-state index contributed by atoms with van der Waals surface area (Å²) < 4.78 is 46.1. The van der Waals surface area contributed by atoms with Crippen LogP contribution in [0.1, 0.15) is 27.7 Å². The van der Waals surface area contributed by atoms with Gasteiger partial charge in [0.15, 0.2) is 4.30 Å². The molecule has 0 aromatic carbocycles. The Balaban J connectivity index is 0. The molecule has 2 aromatic heterocycles. The molecule has 0 fully saturated rings. The Morgan fingerprint density at radius 2 is 1.29 bits per heavy atom. The zero-order chi connectivity index (χ0) is 26.8. The van der Waals surface area contributed by atoms with Crippen molar-refractivity contribution in [1.82, 2.24) is 0 Å². The van der Waals surface area contributed by atoms with Crippen LogP contribution >= 0.6 is 133 Å². The van der Waals surface area contributed by atoms with Crippen molar-refractivity contribution in [3.8, 4) is 0 Å². The van der Waals surface area contributed by atoms with Crippen molar-refractivity contribution < 1.29 is 27.2 Å². The van der Waals surface area contributed by atoms with Gasteiger partial charge in [0.2, 0.25) is 0 Å². The molecule has 17 heteroatoms. The van der Waals surface area contributed by atoms with Gasteiger partial charge in [-0.1, -0.05) is 34.8 Å². The van der Waals surface area contributed by atoms with E-state index in [4.69, 9.17) is 52.9 Å². The highest BCUT2D eigenvalue weighted by Crippen LogP contribution is 2.51. The minimum Gasteiger partial charge on any atom is -0.305 e. The van der Waals surface area contributed by atoms with Gasteiger partial charge in [0, 0.05) is 33.6 Å². The lowest BCUT2D eigenvalue weighted by atomic mass is 10.7. The van der Waals surface area contributed by atoms with Crippen LogP contribution in [0.25, 0.3) is 0 Å². The Hall–Kier alpha value is 2.49. The van der Waals surface area contributed by atoms with Gasteiger partial charge in [0.25, 0.3) is 0 Å². The van der Waals surface area contributed by atoms with Crippen molar-refractivity contribution >= 4 is 143 Å². The molecule has 34 heavy (non-hydrogen) atoms. The first kappa shape index (κ1) is 38.6. The topological polar surface area (TPSA) is 71.1 Å². The zero-order valence-electron chi connectivity index (χ0n) is 18.5. The molecule has 2 aromatic rings. The lowest BCUT2D eigenvalue weighted by Gasteiger charge is -2.15. The molecule has 0 atom stereocenters. The number of alkyl halides is 3. The molecular weight excluding hydrogens is 852 g/mol. The largest absolute Gasteiger partial charge is 0.363 e. The number of hydrogen-bond donors (Lipinski definition) is 0. The van der Waals surface area contributed by atoms with E-state index < -0.39 is 19.5 Å². The van der Waals surface area contributed by atoms with Crippen LogP contribution < -0.4 is 10.6 Å². The summed E-state index contributed by atoms with van der Waals surface area (Å²) in [6.07, 6.45) is 0. The van der Waals surface area contributed by atoms with Crippen LogP contribution in [0.4, 0.5) is 0 Å². The first-order valence-corrected chi connectivity index (χ1v) is 20.8. The van der Waals surface area contributed by atoms with Crippen LogP contribution in [-0.4, -0.2) is 30.7 Å². The maximum absolute atomic E-state index is 12.4. The van der Waals surface area contributed by atoms with Gasteiger partial charge in [-0.15, -0.1) is 11.3 Å². The van der Waals surface area contributed by atoms with Crippen LogP contribution in [0, 0.1) is 0 Å². The SMILES string of the molecule is BrBr.CCOP(=O)(OCC)c1cc(Br)sc1Br.CCOP(=O)(OCC)c1ccsc1.ClC(Cl)Cl. The van der Waals surface area contributed by atoms with E-state index >= 15 is 0 Å². The van der Waals surface area contributed by atoms with E-state index in [0.29, 0.717) is 37.0 Å². The third-order valence-electron chi connectivity index (χ3n) is 2.95. The van der Waals surface area contributed by atoms with Crippen molar-refractivity contribution in [3.63, 3.8) is 0 Å². The van der Waals surface area contributed by atoms with E-state index in [1.165, 1.54) is 22.7 Å². The van der Waals surface area contributed by atoms with Gasteiger partial charge < -0.3 is 18.1 Å². The molecule has 0 aliphatic heterocycles. The van der Waals surface area contributed by atoms with Gasteiger partial charge in [-0.2, -0.15) is 11.3 Å². The molecule has 200 valence electrons. The van der Waals surface area contributed by atoms with Crippen LogP contribution in [0.3, 0.4) is 0 Å². The second kappa shape index (κ2) is 22.3. The predicted octanol–water partition coefficient (Wildman–Crippen LogP) is 10.5. The predicted molar refractivity (Wildman–Crippen MR) is 164 cm³/mol. The summed E-state index contributed by atoms with van der Waals surface area (Å²) in [5.41, 5.74) is 0. The Labute approximate surface area is 256 Å². The van der Waals surface area contributed by atoms with Gasteiger partial charge in [0.05, 0.1) is 44.6 Å². The molecule has 2 heterocycles. The van der Waals surface area contributed by atoms with E-state index in [9.17, 15) is 9.13 Å². The number of hydrogen-bond acceptors (Lipinski definition) is 8. The minimum atomic E-state index is -3.15. The molecule has 0 unspecified atom stereocenters. The molecule has 0 amide bonds. The van der Waals surface area contributed by atoms with Crippen molar-refractivity contribution in [2.75, 3.05) is 26.4 Å². The second-order valence-electron chi connectivity index (χ2n) is 5.10. The Morgan fingerprint density at radius 1 is 0.882 bits per heavy atom. The maximum Gasteiger partial charge on any atom is 0.363 e. The highest BCUT2D eigenvalue weighted by Gasteiger charge is 2.31. The summed E-state index contributed by atoms with van der Waals surface area (Å²) in [5.74, 6) is 0.